The minimum Gasteiger partial charge on any atom is -0.393 e. The molecule has 0 spiro atoms. The van der Waals surface area contributed by atoms with Crippen LogP contribution in [0.25, 0.3) is 0 Å². The van der Waals surface area contributed by atoms with Gasteiger partial charge in [-0.2, -0.15) is 0 Å². The topological polar surface area (TPSA) is 60.7 Å². The number of aliphatic hydroxyl groups is 3. The lowest BCUT2D eigenvalue weighted by atomic mass is 9.34. The quantitative estimate of drug-likeness (QED) is 0.436. The molecule has 3 nitrogen and oxygen atoms in total. The first kappa shape index (κ1) is 25.5. The third kappa shape index (κ3) is 3.54. The van der Waals surface area contributed by atoms with Gasteiger partial charge >= 0.3 is 0 Å². The molecule has 4 aliphatic rings. The summed E-state index contributed by atoms with van der Waals surface area (Å²) in [5.41, 5.74) is 2.43. The van der Waals surface area contributed by atoms with Gasteiger partial charge in [0.1, 0.15) is 0 Å². The number of aliphatic hydroxyl groups excluding tert-OH is 3. The van der Waals surface area contributed by atoms with Gasteiger partial charge in [0.15, 0.2) is 0 Å². The second-order valence-corrected chi connectivity index (χ2v) is 14.0. The van der Waals surface area contributed by atoms with Crippen molar-refractivity contribution in [2.24, 2.45) is 45.3 Å². The maximum Gasteiger partial charge on any atom is 0.0595 e. The van der Waals surface area contributed by atoms with Gasteiger partial charge < -0.3 is 15.3 Å². The highest BCUT2D eigenvalue weighted by atomic mass is 16.3. The van der Waals surface area contributed by atoms with Crippen LogP contribution in [0.4, 0.5) is 0 Å². The summed E-state index contributed by atoms with van der Waals surface area (Å²) in [7, 11) is 0. The third-order valence-corrected chi connectivity index (χ3v) is 11.8. The van der Waals surface area contributed by atoms with Crippen LogP contribution in [0, 0.1) is 45.3 Å². The predicted octanol–water partition coefficient (Wildman–Crippen LogP) is 6.28. The van der Waals surface area contributed by atoms with Crippen LogP contribution >= 0.6 is 0 Å². The third-order valence-electron chi connectivity index (χ3n) is 11.8. The summed E-state index contributed by atoms with van der Waals surface area (Å²) >= 11 is 0. The lowest BCUT2D eigenvalue weighted by Gasteiger charge is -2.71. The van der Waals surface area contributed by atoms with E-state index in [0.717, 1.165) is 44.9 Å². The van der Waals surface area contributed by atoms with Crippen LogP contribution in [0.15, 0.2) is 23.3 Å². The van der Waals surface area contributed by atoms with Gasteiger partial charge in [-0.15, -0.1) is 0 Å². The number of fused-ring (bicyclic) bond motifs is 5. The molecular weight excluding hydrogens is 408 g/mol. The SMILES string of the molecule is CC(C)=CC/C=C(\C)[C@H]1CC[C@]2(C)C1[C@H](O)C[C@@H]1C3(C)CC[C@H](O)C(C)(C)C3[C@@H](O)C[C@]12C. The van der Waals surface area contributed by atoms with Crippen LogP contribution in [-0.4, -0.2) is 33.6 Å². The van der Waals surface area contributed by atoms with Gasteiger partial charge in [0.2, 0.25) is 0 Å². The molecule has 3 heteroatoms. The average Bonchev–Trinajstić information content (AvgIpc) is 3.07. The Morgan fingerprint density at radius 2 is 1.52 bits per heavy atom. The van der Waals surface area contributed by atoms with Crippen molar-refractivity contribution < 1.29 is 15.3 Å². The zero-order valence-electron chi connectivity index (χ0n) is 22.5. The Morgan fingerprint density at radius 1 is 0.848 bits per heavy atom. The summed E-state index contributed by atoms with van der Waals surface area (Å²) < 4.78 is 0. The number of hydrogen-bond acceptors (Lipinski definition) is 3. The van der Waals surface area contributed by atoms with E-state index in [1.54, 1.807) is 0 Å². The first-order valence-corrected chi connectivity index (χ1v) is 13.5. The first-order valence-electron chi connectivity index (χ1n) is 13.5. The van der Waals surface area contributed by atoms with Gasteiger partial charge in [0, 0.05) is 0 Å². The van der Waals surface area contributed by atoms with E-state index in [1.165, 1.54) is 11.1 Å². The van der Waals surface area contributed by atoms with E-state index < -0.39 is 6.10 Å². The Hall–Kier alpha value is -0.640. The molecule has 0 saturated heterocycles. The summed E-state index contributed by atoms with van der Waals surface area (Å²) in [6.45, 7) is 18.1. The van der Waals surface area contributed by atoms with Crippen molar-refractivity contribution in [2.75, 3.05) is 0 Å². The zero-order valence-corrected chi connectivity index (χ0v) is 22.5. The van der Waals surface area contributed by atoms with E-state index in [9.17, 15) is 15.3 Å². The molecule has 10 atom stereocenters. The van der Waals surface area contributed by atoms with Crippen LogP contribution < -0.4 is 0 Å². The van der Waals surface area contributed by atoms with Crippen molar-refractivity contribution in [3.8, 4) is 0 Å². The van der Waals surface area contributed by atoms with E-state index >= 15 is 0 Å². The van der Waals surface area contributed by atoms with Gasteiger partial charge in [-0.1, -0.05) is 57.9 Å². The Bertz CT molecular complexity index is 822. The molecule has 0 aromatic carbocycles. The number of allylic oxidation sites excluding steroid dienone is 4. The summed E-state index contributed by atoms with van der Waals surface area (Å²) in [6.07, 6.45) is 10.2. The minimum atomic E-state index is -0.401. The van der Waals surface area contributed by atoms with Gasteiger partial charge in [-0.3, -0.25) is 0 Å². The van der Waals surface area contributed by atoms with Crippen molar-refractivity contribution >= 4 is 0 Å². The van der Waals surface area contributed by atoms with Gasteiger partial charge in [-0.05, 0) is 111 Å². The fourth-order valence-electron chi connectivity index (χ4n) is 10.1. The molecule has 0 aliphatic heterocycles. The van der Waals surface area contributed by atoms with Crippen molar-refractivity contribution in [2.45, 2.75) is 119 Å². The van der Waals surface area contributed by atoms with E-state index in [1.807, 2.05) is 0 Å². The highest BCUT2D eigenvalue weighted by Crippen LogP contribution is 2.75. The Labute approximate surface area is 202 Å². The maximum atomic E-state index is 11.7. The Balaban J connectivity index is 1.71. The molecule has 4 rings (SSSR count). The van der Waals surface area contributed by atoms with E-state index in [4.69, 9.17) is 0 Å². The average molecular weight is 459 g/mol. The van der Waals surface area contributed by atoms with Crippen molar-refractivity contribution in [3.05, 3.63) is 23.3 Å². The van der Waals surface area contributed by atoms with Crippen LogP contribution in [0.3, 0.4) is 0 Å². The van der Waals surface area contributed by atoms with Crippen LogP contribution in [0.1, 0.15) is 100 Å². The molecule has 3 unspecified atom stereocenters. The zero-order chi connectivity index (χ0) is 24.6. The van der Waals surface area contributed by atoms with E-state index in [0.29, 0.717) is 11.8 Å². The minimum absolute atomic E-state index is 0.00508. The highest BCUT2D eigenvalue weighted by Gasteiger charge is 2.72. The lowest BCUT2D eigenvalue weighted by molar-refractivity contribution is -0.270. The smallest absolute Gasteiger partial charge is 0.0595 e. The molecular formula is C30H50O3. The second-order valence-electron chi connectivity index (χ2n) is 14.0. The molecule has 0 amide bonds. The summed E-state index contributed by atoms with van der Waals surface area (Å²) in [5.74, 6) is 1.13. The standard InChI is InChI=1S/C30H50O3/c1-18(2)10-9-11-19(3)20-12-15-29(7)25(20)21(31)16-23-28(6)14-13-24(33)27(4,5)26(28)22(32)17-30(23,29)8/h10-11,20-26,31-33H,9,12-17H2,1-8H3/b19-11+/t20-,21-,22+,23-,24+,25?,26?,28?,29-,30-/m1/s1. The van der Waals surface area contributed by atoms with Crippen molar-refractivity contribution in [3.63, 3.8) is 0 Å². The predicted molar refractivity (Wildman–Crippen MR) is 136 cm³/mol. The molecule has 4 fully saturated rings. The Morgan fingerprint density at radius 3 is 2.15 bits per heavy atom. The fourth-order valence-corrected chi connectivity index (χ4v) is 10.1. The summed E-state index contributed by atoms with van der Waals surface area (Å²) in [6, 6.07) is 0. The normalized spacial score (nSPS) is 51.4. The van der Waals surface area contributed by atoms with E-state index in [-0.39, 0.29) is 45.7 Å². The fraction of sp³-hybridized carbons (Fsp3) is 0.867. The van der Waals surface area contributed by atoms with Gasteiger partial charge in [0.25, 0.3) is 0 Å². The molecule has 0 aromatic rings. The first-order chi connectivity index (χ1) is 15.2. The van der Waals surface area contributed by atoms with Crippen LogP contribution in [0.2, 0.25) is 0 Å². The van der Waals surface area contributed by atoms with Crippen LogP contribution in [0.5, 0.6) is 0 Å². The molecule has 188 valence electrons. The molecule has 4 aliphatic carbocycles. The molecule has 33 heavy (non-hydrogen) atoms. The molecule has 0 aromatic heterocycles. The van der Waals surface area contributed by atoms with Gasteiger partial charge in [-0.25, -0.2) is 0 Å². The lowest BCUT2D eigenvalue weighted by Crippen LogP contribution is -2.69. The molecule has 0 radical (unpaired) electrons. The molecule has 3 N–H and O–H groups in total. The molecule has 0 heterocycles. The Kier molecular flexibility index (Phi) is 6.33. The van der Waals surface area contributed by atoms with Crippen molar-refractivity contribution in [1.29, 1.82) is 0 Å². The molecule has 0 bridgehead atoms. The van der Waals surface area contributed by atoms with Crippen molar-refractivity contribution in [1.82, 2.24) is 0 Å². The monoisotopic (exact) mass is 458 g/mol. The summed E-state index contributed by atoms with van der Waals surface area (Å²) in [5, 5.41) is 34.3. The highest BCUT2D eigenvalue weighted by molar-refractivity contribution is 5.24. The van der Waals surface area contributed by atoms with E-state index in [2.05, 4.69) is 67.5 Å². The second kappa shape index (κ2) is 8.20. The molecule has 4 saturated carbocycles. The largest absolute Gasteiger partial charge is 0.393 e. The summed E-state index contributed by atoms with van der Waals surface area (Å²) in [4.78, 5) is 0. The van der Waals surface area contributed by atoms with Gasteiger partial charge in [0.05, 0.1) is 18.3 Å². The maximum absolute atomic E-state index is 11.7. The number of hydrogen-bond donors (Lipinski definition) is 3. The number of rotatable bonds is 3. The van der Waals surface area contributed by atoms with Crippen LogP contribution in [-0.2, 0) is 0 Å².